The summed E-state index contributed by atoms with van der Waals surface area (Å²) in [5, 5.41) is 2.77. The van der Waals surface area contributed by atoms with Crippen LogP contribution in [0.4, 0.5) is 10.1 Å². The molecule has 0 spiro atoms. The number of fused-ring (bicyclic) bond motifs is 2. The quantitative estimate of drug-likeness (QED) is 0.546. The van der Waals surface area contributed by atoms with Crippen molar-refractivity contribution in [3.05, 3.63) is 81.6 Å². The molecule has 8 heteroatoms. The van der Waals surface area contributed by atoms with E-state index in [1.54, 1.807) is 30.3 Å². The molecule has 1 fully saturated rings. The summed E-state index contributed by atoms with van der Waals surface area (Å²) in [7, 11) is 0. The number of aliphatic imine (C=N–C) groups is 1. The third-order valence-electron chi connectivity index (χ3n) is 5.75. The van der Waals surface area contributed by atoms with E-state index < -0.39 is 0 Å². The van der Waals surface area contributed by atoms with Gasteiger partial charge in [0.15, 0.2) is 0 Å². The molecule has 2 atom stereocenters. The Morgan fingerprint density at radius 1 is 1.16 bits per heavy atom. The molecule has 1 amide bonds. The van der Waals surface area contributed by atoms with Crippen LogP contribution in [0.25, 0.3) is 0 Å². The molecule has 0 radical (unpaired) electrons. The molecule has 1 N–H and O–H groups in total. The number of hydrazine groups is 1. The van der Waals surface area contributed by atoms with Crippen molar-refractivity contribution in [3.8, 4) is 0 Å². The van der Waals surface area contributed by atoms with Gasteiger partial charge in [-0.1, -0.05) is 35.3 Å². The van der Waals surface area contributed by atoms with Crippen molar-refractivity contribution in [3.63, 3.8) is 0 Å². The molecule has 1 saturated heterocycles. The standard InChI is InChI=1S/C24H20Cl2FN3OS/c25-15-4-6-17(19(26)12-15)23-18-7-5-16(27)13-22(18)32-21-8-3-14(11-20(21)28-23)24(31)29-30-9-1-2-10-30/h3-8,11-13,18,22H,1-2,9-10H2,(H,29,31). The van der Waals surface area contributed by atoms with E-state index in [0.29, 0.717) is 21.3 Å². The number of rotatable bonds is 3. The Morgan fingerprint density at radius 3 is 2.75 bits per heavy atom. The molecule has 3 aliphatic rings. The molecule has 1 aliphatic carbocycles. The summed E-state index contributed by atoms with van der Waals surface area (Å²) >= 11 is 14.2. The first kappa shape index (κ1) is 21.7. The van der Waals surface area contributed by atoms with Crippen LogP contribution in [0.2, 0.25) is 10.0 Å². The zero-order valence-electron chi connectivity index (χ0n) is 17.0. The number of hydrogen-bond acceptors (Lipinski definition) is 4. The number of benzene rings is 2. The number of halogens is 3. The third kappa shape index (κ3) is 4.37. The minimum atomic E-state index is -0.273. The van der Waals surface area contributed by atoms with E-state index in [-0.39, 0.29) is 22.9 Å². The lowest BCUT2D eigenvalue weighted by atomic mass is 9.90. The van der Waals surface area contributed by atoms with Crippen molar-refractivity contribution in [2.75, 3.05) is 13.1 Å². The van der Waals surface area contributed by atoms with E-state index in [9.17, 15) is 9.18 Å². The highest BCUT2D eigenvalue weighted by atomic mass is 35.5. The van der Waals surface area contributed by atoms with Gasteiger partial charge in [-0.25, -0.2) is 9.40 Å². The first-order valence-electron chi connectivity index (χ1n) is 10.4. The maximum Gasteiger partial charge on any atom is 0.265 e. The van der Waals surface area contributed by atoms with Gasteiger partial charge >= 0.3 is 0 Å². The lowest BCUT2D eigenvalue weighted by Gasteiger charge is -2.24. The minimum absolute atomic E-state index is 0.159. The second-order valence-corrected chi connectivity index (χ2v) is 10.0. The average Bonchev–Trinajstić information content (AvgIpc) is 3.21. The highest BCUT2D eigenvalue weighted by molar-refractivity contribution is 8.00. The maximum atomic E-state index is 14.1. The van der Waals surface area contributed by atoms with Gasteiger partial charge in [-0.2, -0.15) is 0 Å². The lowest BCUT2D eigenvalue weighted by Crippen LogP contribution is -2.39. The number of amides is 1. The highest BCUT2D eigenvalue weighted by Crippen LogP contribution is 2.44. The second kappa shape index (κ2) is 9.02. The number of nitrogens with one attached hydrogen (secondary N) is 1. The van der Waals surface area contributed by atoms with Crippen LogP contribution in [0, 0.1) is 5.92 Å². The number of thioether (sulfide) groups is 1. The summed E-state index contributed by atoms with van der Waals surface area (Å²) in [6.07, 6.45) is 7.06. The molecule has 2 aliphatic heterocycles. The lowest BCUT2D eigenvalue weighted by molar-refractivity contribution is 0.0826. The van der Waals surface area contributed by atoms with Gasteiger partial charge in [-0.3, -0.25) is 15.2 Å². The third-order valence-corrected chi connectivity index (χ3v) is 7.60. The van der Waals surface area contributed by atoms with Crippen molar-refractivity contribution in [1.29, 1.82) is 0 Å². The smallest absolute Gasteiger partial charge is 0.265 e. The summed E-state index contributed by atoms with van der Waals surface area (Å²) in [6.45, 7) is 1.72. The molecule has 2 aromatic rings. The second-order valence-electron chi connectivity index (χ2n) is 7.96. The van der Waals surface area contributed by atoms with Crippen LogP contribution < -0.4 is 5.43 Å². The van der Waals surface area contributed by atoms with Crippen LogP contribution in [0.1, 0.15) is 28.8 Å². The summed E-state index contributed by atoms with van der Waals surface area (Å²) in [5.41, 5.74) is 5.63. The highest BCUT2D eigenvalue weighted by Gasteiger charge is 2.32. The fraction of sp³-hybridized carbons (Fsp3) is 0.250. The predicted octanol–water partition coefficient (Wildman–Crippen LogP) is 6.37. The van der Waals surface area contributed by atoms with Crippen molar-refractivity contribution in [2.45, 2.75) is 23.0 Å². The number of carbonyl (C=O) groups is 1. The molecule has 0 saturated carbocycles. The Hall–Kier alpha value is -2.12. The molecule has 2 heterocycles. The molecule has 32 heavy (non-hydrogen) atoms. The maximum absolute atomic E-state index is 14.1. The number of nitrogens with zero attached hydrogens (tertiary/aromatic N) is 2. The Balaban J connectivity index is 1.57. The van der Waals surface area contributed by atoms with Crippen molar-refractivity contribution >= 4 is 52.3 Å². The first-order valence-corrected chi connectivity index (χ1v) is 12.1. The van der Waals surface area contributed by atoms with Crippen LogP contribution in [-0.4, -0.2) is 35.0 Å². The van der Waals surface area contributed by atoms with Gasteiger partial charge in [0.25, 0.3) is 5.91 Å². The zero-order chi connectivity index (χ0) is 22.2. The fourth-order valence-electron chi connectivity index (χ4n) is 4.15. The van der Waals surface area contributed by atoms with Gasteiger partial charge in [0, 0.05) is 45.3 Å². The number of carbonyl (C=O) groups excluding carboxylic acids is 1. The molecule has 4 nitrogen and oxygen atoms in total. The fourth-order valence-corrected chi connectivity index (χ4v) is 5.88. The van der Waals surface area contributed by atoms with Crippen molar-refractivity contribution < 1.29 is 9.18 Å². The Labute approximate surface area is 200 Å². The summed E-state index contributed by atoms with van der Waals surface area (Å²) in [5.74, 6) is -0.605. The van der Waals surface area contributed by atoms with Gasteiger partial charge in [-0.05, 0) is 55.3 Å². The van der Waals surface area contributed by atoms with E-state index in [1.807, 2.05) is 23.2 Å². The minimum Gasteiger partial charge on any atom is -0.285 e. The van der Waals surface area contributed by atoms with E-state index >= 15 is 0 Å². The topological polar surface area (TPSA) is 44.7 Å². The summed E-state index contributed by atoms with van der Waals surface area (Å²) in [6, 6.07) is 10.7. The van der Waals surface area contributed by atoms with Gasteiger partial charge < -0.3 is 0 Å². The Morgan fingerprint density at radius 2 is 1.97 bits per heavy atom. The van der Waals surface area contributed by atoms with E-state index in [2.05, 4.69) is 5.43 Å². The van der Waals surface area contributed by atoms with Crippen LogP contribution in [0.5, 0.6) is 0 Å². The molecular weight excluding hydrogens is 468 g/mol. The zero-order valence-corrected chi connectivity index (χ0v) is 19.4. The molecule has 5 rings (SSSR count). The first-order chi connectivity index (χ1) is 15.5. The van der Waals surface area contributed by atoms with Gasteiger partial charge in [0.05, 0.1) is 16.4 Å². The van der Waals surface area contributed by atoms with Gasteiger partial charge in [0.1, 0.15) is 5.83 Å². The van der Waals surface area contributed by atoms with Gasteiger partial charge in [0.2, 0.25) is 0 Å². The van der Waals surface area contributed by atoms with Crippen molar-refractivity contribution in [2.24, 2.45) is 10.9 Å². The Bertz CT molecular complexity index is 1170. The van der Waals surface area contributed by atoms with Gasteiger partial charge in [-0.15, -0.1) is 11.8 Å². The SMILES string of the molecule is O=C(NN1CCCC1)c1ccc2c(c1)N=C(c1ccc(Cl)cc1Cl)C1C=CC(F)=CC1S2. The average molecular weight is 488 g/mol. The molecule has 2 aromatic carbocycles. The normalized spacial score (nSPS) is 22.5. The van der Waals surface area contributed by atoms with Crippen LogP contribution in [0.3, 0.4) is 0 Å². The van der Waals surface area contributed by atoms with E-state index in [1.165, 1.54) is 17.8 Å². The molecule has 164 valence electrons. The largest absolute Gasteiger partial charge is 0.285 e. The molecule has 0 aromatic heterocycles. The number of allylic oxidation sites excluding steroid dienone is 3. The monoisotopic (exact) mass is 487 g/mol. The van der Waals surface area contributed by atoms with Crippen LogP contribution >= 0.6 is 35.0 Å². The number of hydrogen-bond donors (Lipinski definition) is 1. The summed E-state index contributed by atoms with van der Waals surface area (Å²) in [4.78, 5) is 18.6. The van der Waals surface area contributed by atoms with E-state index in [0.717, 1.165) is 42.1 Å². The molecular formula is C24H20Cl2FN3OS. The van der Waals surface area contributed by atoms with Crippen LogP contribution in [-0.2, 0) is 0 Å². The molecule has 0 bridgehead atoms. The Kier molecular flexibility index (Phi) is 6.12. The van der Waals surface area contributed by atoms with E-state index in [4.69, 9.17) is 28.2 Å². The molecule has 2 unspecified atom stereocenters. The van der Waals surface area contributed by atoms with Crippen LogP contribution in [0.15, 0.2) is 70.3 Å². The summed E-state index contributed by atoms with van der Waals surface area (Å²) < 4.78 is 14.1. The predicted molar refractivity (Wildman–Crippen MR) is 129 cm³/mol. The van der Waals surface area contributed by atoms with Crippen molar-refractivity contribution in [1.82, 2.24) is 10.4 Å².